The van der Waals surface area contributed by atoms with E-state index in [1.54, 1.807) is 24.3 Å². The van der Waals surface area contributed by atoms with Crippen molar-refractivity contribution in [3.8, 4) is 0 Å². The Bertz CT molecular complexity index is 258. The molecule has 1 rings (SSSR count). The van der Waals surface area contributed by atoms with Gasteiger partial charge in [-0.15, -0.1) is 0 Å². The van der Waals surface area contributed by atoms with Crippen LogP contribution in [-0.4, -0.2) is 11.1 Å². The topological polar surface area (TPSA) is 40.0 Å². The second-order valence-corrected chi connectivity index (χ2v) is 2.41. The predicted octanol–water partition coefficient (Wildman–Crippen LogP) is -0.0782. The van der Waals surface area contributed by atoms with Gasteiger partial charge in [0.25, 0.3) is 0 Å². The van der Waals surface area contributed by atoms with E-state index in [0.29, 0.717) is 10.5 Å². The lowest BCUT2D eigenvalue weighted by molar-refractivity contribution is 0.0693. The summed E-state index contributed by atoms with van der Waals surface area (Å²) >= 11 is 3.21. The van der Waals surface area contributed by atoms with Crippen molar-refractivity contribution in [2.24, 2.45) is 0 Å². The van der Waals surface area contributed by atoms with Crippen molar-refractivity contribution in [2.45, 2.75) is 4.90 Å². The van der Waals surface area contributed by atoms with Crippen molar-refractivity contribution >= 4 is 18.6 Å². The average molecular weight is 156 g/mol. The number of hydrogen-bond acceptors (Lipinski definition) is 1. The van der Waals surface area contributed by atoms with Gasteiger partial charge in [0.15, 0.2) is 10.5 Å². The van der Waals surface area contributed by atoms with E-state index >= 15 is 0 Å². The molecule has 0 spiro atoms. The molecule has 0 aliphatic heterocycles. The van der Waals surface area contributed by atoms with Crippen LogP contribution < -0.4 is 0 Å². The van der Waals surface area contributed by atoms with Crippen LogP contribution in [0.2, 0.25) is 0 Å². The zero-order valence-electron chi connectivity index (χ0n) is 5.22. The van der Waals surface area contributed by atoms with Gasteiger partial charge in [-0.1, -0.05) is 12.1 Å². The van der Waals surface area contributed by atoms with Crippen LogP contribution in [0.4, 0.5) is 0 Å². The van der Waals surface area contributed by atoms with E-state index in [0.717, 1.165) is 0 Å². The number of rotatable bonds is 1. The number of carbonyl (C=O) groups is 1. The maximum Gasteiger partial charge on any atom is 0.554 e. The Hall–Kier alpha value is -0.960. The van der Waals surface area contributed by atoms with Crippen molar-refractivity contribution in [2.75, 3.05) is 0 Å². The van der Waals surface area contributed by atoms with Gasteiger partial charge in [0, 0.05) is 4.79 Å². The van der Waals surface area contributed by atoms with E-state index in [2.05, 4.69) is 12.6 Å². The standard InChI is InChI=1S/C7H6O2S/c8-7(9)5-3-1-2-4-6(5)10/h1-4,10H,(H,8,9)/p+2. The molecule has 1 aromatic carbocycles. The van der Waals surface area contributed by atoms with Crippen LogP contribution in [0.5, 0.6) is 0 Å². The summed E-state index contributed by atoms with van der Waals surface area (Å²) in [5, 5.41) is 6.79. The van der Waals surface area contributed by atoms with E-state index in [1.807, 2.05) is 0 Å². The summed E-state index contributed by atoms with van der Waals surface area (Å²) in [6, 6.07) is 6.87. The predicted molar refractivity (Wildman–Crippen MR) is 42.8 cm³/mol. The average Bonchev–Trinajstić information content (AvgIpc) is 1.88. The molecule has 2 nitrogen and oxygen atoms in total. The maximum absolute atomic E-state index is 10.5. The van der Waals surface area contributed by atoms with Crippen molar-refractivity contribution in [3.63, 3.8) is 0 Å². The van der Waals surface area contributed by atoms with Crippen molar-refractivity contribution in [1.29, 1.82) is 0 Å². The highest BCUT2D eigenvalue weighted by Crippen LogP contribution is 2.06. The van der Waals surface area contributed by atoms with Crippen molar-refractivity contribution in [1.82, 2.24) is 0 Å². The van der Waals surface area contributed by atoms with Crippen molar-refractivity contribution in [3.05, 3.63) is 29.8 Å². The Morgan fingerprint density at radius 1 is 1.40 bits per heavy atom. The zero-order valence-corrected chi connectivity index (χ0v) is 6.22. The Kier molecular flexibility index (Phi) is 1.97. The van der Waals surface area contributed by atoms with E-state index in [4.69, 9.17) is 5.11 Å². The van der Waals surface area contributed by atoms with Crippen LogP contribution in [0.3, 0.4) is 0 Å². The van der Waals surface area contributed by atoms with Crippen LogP contribution in [0.1, 0.15) is 10.4 Å². The third-order valence-electron chi connectivity index (χ3n) is 1.17. The van der Waals surface area contributed by atoms with Crippen LogP contribution in [0, 0.1) is 0 Å². The van der Waals surface area contributed by atoms with Crippen molar-refractivity contribution < 1.29 is 9.90 Å². The minimum absolute atomic E-state index is 0.402. The SMILES string of the molecule is O=C([OH2+])c1ccccc1[SH2+]. The first-order chi connectivity index (χ1) is 4.72. The zero-order chi connectivity index (χ0) is 7.56. The first kappa shape index (κ1) is 7.15. The van der Waals surface area contributed by atoms with Gasteiger partial charge in [-0.25, -0.2) is 0 Å². The van der Waals surface area contributed by atoms with Gasteiger partial charge in [0.1, 0.15) is 0 Å². The summed E-state index contributed by atoms with van der Waals surface area (Å²) in [5.74, 6) is -0.661. The van der Waals surface area contributed by atoms with Crippen LogP contribution in [0.15, 0.2) is 29.2 Å². The van der Waals surface area contributed by atoms with Gasteiger partial charge in [-0.2, -0.15) is 0 Å². The van der Waals surface area contributed by atoms with Crippen LogP contribution in [-0.2, 0) is 12.6 Å². The lowest BCUT2D eigenvalue weighted by atomic mass is 10.2. The third-order valence-corrected chi connectivity index (χ3v) is 1.61. The van der Waals surface area contributed by atoms with E-state index in [9.17, 15) is 4.79 Å². The molecule has 0 unspecified atom stereocenters. The molecule has 0 aliphatic rings. The third kappa shape index (κ3) is 1.30. The molecule has 0 saturated carbocycles. The second kappa shape index (κ2) is 2.75. The van der Waals surface area contributed by atoms with E-state index in [-0.39, 0.29) is 0 Å². The molecule has 2 N–H and O–H groups in total. The Morgan fingerprint density at radius 3 is 2.40 bits per heavy atom. The highest BCUT2D eigenvalue weighted by Gasteiger charge is 2.16. The normalized spacial score (nSPS) is 9.30. The molecular weight excluding hydrogens is 148 g/mol. The Morgan fingerprint density at radius 2 is 2.00 bits per heavy atom. The summed E-state index contributed by atoms with van der Waals surface area (Å²) < 4.78 is 0. The Balaban J connectivity index is 3.15. The fourth-order valence-electron chi connectivity index (χ4n) is 0.681. The van der Waals surface area contributed by atoms with Crippen LogP contribution >= 0.6 is 0 Å². The number of hydrogen-bond donors (Lipinski definition) is 0. The lowest BCUT2D eigenvalue weighted by Gasteiger charge is -1.86. The van der Waals surface area contributed by atoms with Gasteiger partial charge in [-0.3, -0.25) is 0 Å². The van der Waals surface area contributed by atoms with Crippen LogP contribution in [0.25, 0.3) is 0 Å². The van der Waals surface area contributed by atoms with E-state index < -0.39 is 5.97 Å². The number of benzene rings is 1. The molecule has 0 radical (unpaired) electrons. The van der Waals surface area contributed by atoms with E-state index in [1.165, 1.54) is 0 Å². The van der Waals surface area contributed by atoms with Gasteiger partial charge in [0.05, 0.1) is 0 Å². The van der Waals surface area contributed by atoms with Gasteiger partial charge < -0.3 is 5.11 Å². The minimum atomic E-state index is -0.661. The number of carbonyl (C=O) groups excluding carboxylic acids is 1. The summed E-state index contributed by atoms with van der Waals surface area (Å²) in [6.07, 6.45) is 0. The summed E-state index contributed by atoms with van der Waals surface area (Å²) in [4.78, 5) is 11.2. The first-order valence-corrected chi connectivity index (χ1v) is 3.28. The molecule has 52 valence electrons. The molecule has 3 heteroatoms. The molecule has 10 heavy (non-hydrogen) atoms. The molecule has 0 saturated heterocycles. The second-order valence-electron chi connectivity index (χ2n) is 1.87. The maximum atomic E-state index is 10.5. The first-order valence-electron chi connectivity index (χ1n) is 2.78. The molecular formula is C7H8O2S+2. The fraction of sp³-hybridized carbons (Fsp3) is 0. The molecule has 0 aliphatic carbocycles. The fourth-order valence-corrected chi connectivity index (χ4v) is 0.974. The monoisotopic (exact) mass is 156 g/mol. The molecule has 0 bridgehead atoms. The molecule has 1 aromatic rings. The van der Waals surface area contributed by atoms with Gasteiger partial charge in [-0.05, 0) is 24.8 Å². The lowest BCUT2D eigenvalue weighted by Crippen LogP contribution is -1.97. The highest BCUT2D eigenvalue weighted by molar-refractivity contribution is 7.58. The molecule has 0 amide bonds. The molecule has 0 atom stereocenters. The molecule has 0 fully saturated rings. The quantitative estimate of drug-likeness (QED) is 0.524. The Labute approximate surface area is 63.9 Å². The largest absolute Gasteiger partial charge is 0.561 e. The highest BCUT2D eigenvalue weighted by atomic mass is 32.1. The smallest absolute Gasteiger partial charge is 0.554 e. The minimum Gasteiger partial charge on any atom is -0.561 e. The summed E-state index contributed by atoms with van der Waals surface area (Å²) in [5.41, 5.74) is 0.402. The van der Waals surface area contributed by atoms with Gasteiger partial charge in [0.2, 0.25) is 0 Å². The summed E-state index contributed by atoms with van der Waals surface area (Å²) in [6.45, 7) is 0. The van der Waals surface area contributed by atoms with Gasteiger partial charge >= 0.3 is 5.97 Å². The molecule has 0 heterocycles. The molecule has 0 aromatic heterocycles. The summed E-state index contributed by atoms with van der Waals surface area (Å²) in [7, 11) is 0.